The van der Waals surface area contributed by atoms with Crippen LogP contribution in [0.2, 0.25) is 0 Å². The molecule has 2 heterocycles. The first kappa shape index (κ1) is 20.4. The summed E-state index contributed by atoms with van der Waals surface area (Å²) < 4.78 is 13.3. The Hall–Kier alpha value is -2.90. The predicted molar refractivity (Wildman–Crippen MR) is 117 cm³/mol. The van der Waals surface area contributed by atoms with E-state index in [1.165, 1.54) is 0 Å². The molecule has 0 spiro atoms. The smallest absolute Gasteiger partial charge is 0.262 e. The highest BCUT2D eigenvalue weighted by Gasteiger charge is 2.16. The van der Waals surface area contributed by atoms with Crippen LogP contribution in [-0.4, -0.2) is 53.3 Å². The summed E-state index contributed by atoms with van der Waals surface area (Å²) in [7, 11) is 0. The molecule has 1 N–H and O–H groups in total. The number of amides is 1. The fourth-order valence-corrected chi connectivity index (χ4v) is 3.74. The van der Waals surface area contributed by atoms with Gasteiger partial charge in [-0.2, -0.15) is 0 Å². The van der Waals surface area contributed by atoms with Gasteiger partial charge in [0.15, 0.2) is 6.61 Å². The minimum Gasteiger partial charge on any atom is -0.484 e. The first-order valence-corrected chi connectivity index (χ1v) is 10.4. The molecule has 2 aromatic carbocycles. The van der Waals surface area contributed by atoms with E-state index >= 15 is 0 Å². The second-order valence-corrected chi connectivity index (χ2v) is 7.52. The van der Waals surface area contributed by atoms with Crippen LogP contribution in [0.5, 0.6) is 5.75 Å². The van der Waals surface area contributed by atoms with E-state index in [1.807, 2.05) is 49.4 Å². The van der Waals surface area contributed by atoms with Crippen LogP contribution >= 0.6 is 0 Å². The summed E-state index contributed by atoms with van der Waals surface area (Å²) >= 11 is 0. The summed E-state index contributed by atoms with van der Waals surface area (Å²) in [5, 5.41) is 2.91. The fraction of sp³-hybridized carbons (Fsp3) is 0.391. The van der Waals surface area contributed by atoms with Crippen molar-refractivity contribution >= 4 is 22.6 Å². The van der Waals surface area contributed by atoms with Crippen LogP contribution in [0.4, 0.5) is 5.69 Å². The Bertz CT molecular complexity index is 1020. The van der Waals surface area contributed by atoms with Gasteiger partial charge in [-0.3, -0.25) is 9.69 Å². The largest absolute Gasteiger partial charge is 0.484 e. The van der Waals surface area contributed by atoms with Crippen LogP contribution in [0.3, 0.4) is 0 Å². The molecule has 3 aromatic rings. The van der Waals surface area contributed by atoms with Crippen LogP contribution in [0.25, 0.3) is 11.0 Å². The van der Waals surface area contributed by atoms with E-state index < -0.39 is 0 Å². The van der Waals surface area contributed by atoms with Gasteiger partial charge < -0.3 is 19.4 Å². The zero-order chi connectivity index (χ0) is 20.9. The minimum absolute atomic E-state index is 0.0346. The molecule has 1 aliphatic rings. The van der Waals surface area contributed by atoms with Gasteiger partial charge in [0.2, 0.25) is 0 Å². The highest BCUT2D eigenvalue weighted by molar-refractivity contribution is 5.94. The molecular formula is C23H28N4O3. The van der Waals surface area contributed by atoms with Crippen molar-refractivity contribution < 1.29 is 14.3 Å². The van der Waals surface area contributed by atoms with Gasteiger partial charge in [-0.25, -0.2) is 4.98 Å². The number of benzene rings is 2. The van der Waals surface area contributed by atoms with Crippen molar-refractivity contribution in [2.75, 3.05) is 38.2 Å². The van der Waals surface area contributed by atoms with Gasteiger partial charge in [-0.15, -0.1) is 0 Å². The highest BCUT2D eigenvalue weighted by Crippen LogP contribution is 2.22. The van der Waals surface area contributed by atoms with Crippen molar-refractivity contribution in [2.45, 2.75) is 26.9 Å². The maximum atomic E-state index is 12.3. The molecule has 30 heavy (non-hydrogen) atoms. The van der Waals surface area contributed by atoms with Gasteiger partial charge in [0.25, 0.3) is 5.91 Å². The van der Waals surface area contributed by atoms with Gasteiger partial charge >= 0.3 is 0 Å². The number of hydrogen-bond acceptors (Lipinski definition) is 5. The molecule has 0 atom stereocenters. The lowest BCUT2D eigenvalue weighted by Gasteiger charge is -2.26. The SMILES string of the molecule is CCn1c(CN2CCOCC2)nc2cc(NC(=O)COc3cccc(C)c3)ccc21. The van der Waals surface area contributed by atoms with Crippen molar-refractivity contribution in [2.24, 2.45) is 0 Å². The molecule has 4 rings (SSSR count). The van der Waals surface area contributed by atoms with Crippen molar-refractivity contribution in [1.82, 2.24) is 14.5 Å². The molecule has 0 unspecified atom stereocenters. The zero-order valence-electron chi connectivity index (χ0n) is 17.6. The number of hydrogen-bond donors (Lipinski definition) is 1. The Morgan fingerprint density at radius 1 is 1.20 bits per heavy atom. The number of anilines is 1. The van der Waals surface area contributed by atoms with Crippen LogP contribution in [0.1, 0.15) is 18.3 Å². The Labute approximate surface area is 176 Å². The Morgan fingerprint density at radius 2 is 2.03 bits per heavy atom. The number of fused-ring (bicyclic) bond motifs is 1. The molecular weight excluding hydrogens is 380 g/mol. The molecule has 0 radical (unpaired) electrons. The molecule has 0 aliphatic carbocycles. The van der Waals surface area contributed by atoms with Gasteiger partial charge in [0, 0.05) is 25.3 Å². The van der Waals surface area contributed by atoms with Gasteiger partial charge in [0.1, 0.15) is 11.6 Å². The van der Waals surface area contributed by atoms with Crippen molar-refractivity contribution in [3.05, 3.63) is 53.9 Å². The highest BCUT2D eigenvalue weighted by atomic mass is 16.5. The number of carbonyl (C=O) groups is 1. The molecule has 158 valence electrons. The summed E-state index contributed by atoms with van der Waals surface area (Å²) in [5.41, 5.74) is 3.78. The monoisotopic (exact) mass is 408 g/mol. The first-order chi connectivity index (χ1) is 14.6. The predicted octanol–water partition coefficient (Wildman–Crippen LogP) is 3.21. The third-order valence-electron chi connectivity index (χ3n) is 5.26. The van der Waals surface area contributed by atoms with E-state index in [1.54, 1.807) is 0 Å². The second kappa shape index (κ2) is 9.28. The molecule has 1 amide bonds. The van der Waals surface area contributed by atoms with E-state index in [9.17, 15) is 4.79 Å². The lowest BCUT2D eigenvalue weighted by Crippen LogP contribution is -2.36. The average Bonchev–Trinajstić information content (AvgIpc) is 3.09. The maximum Gasteiger partial charge on any atom is 0.262 e. The third kappa shape index (κ3) is 4.80. The van der Waals surface area contributed by atoms with Gasteiger partial charge in [-0.1, -0.05) is 12.1 Å². The number of imidazole rings is 1. The van der Waals surface area contributed by atoms with Crippen molar-refractivity contribution in [1.29, 1.82) is 0 Å². The number of rotatable bonds is 7. The number of aromatic nitrogens is 2. The van der Waals surface area contributed by atoms with Gasteiger partial charge in [-0.05, 0) is 49.7 Å². The lowest BCUT2D eigenvalue weighted by atomic mass is 10.2. The van der Waals surface area contributed by atoms with Crippen LogP contribution < -0.4 is 10.1 Å². The molecule has 0 bridgehead atoms. The van der Waals surface area contributed by atoms with Crippen LogP contribution in [0.15, 0.2) is 42.5 Å². The summed E-state index contributed by atoms with van der Waals surface area (Å²) in [6, 6.07) is 13.5. The molecule has 0 saturated carbocycles. The summed E-state index contributed by atoms with van der Waals surface area (Å²) in [5.74, 6) is 1.54. The van der Waals surface area contributed by atoms with Gasteiger partial charge in [0.05, 0.1) is 30.8 Å². The average molecular weight is 409 g/mol. The number of morpholine rings is 1. The summed E-state index contributed by atoms with van der Waals surface area (Å²) in [6.45, 7) is 9.13. The molecule has 1 fully saturated rings. The molecule has 1 saturated heterocycles. The quantitative estimate of drug-likeness (QED) is 0.650. The van der Waals surface area contributed by atoms with E-state index in [4.69, 9.17) is 14.5 Å². The number of ether oxygens (including phenoxy) is 2. The number of nitrogens with zero attached hydrogens (tertiary/aromatic N) is 3. The summed E-state index contributed by atoms with van der Waals surface area (Å²) in [6.07, 6.45) is 0. The molecule has 1 aromatic heterocycles. The van der Waals surface area contributed by atoms with E-state index in [-0.39, 0.29) is 12.5 Å². The Morgan fingerprint density at radius 3 is 2.80 bits per heavy atom. The second-order valence-electron chi connectivity index (χ2n) is 7.52. The minimum atomic E-state index is -0.195. The molecule has 7 nitrogen and oxygen atoms in total. The third-order valence-corrected chi connectivity index (χ3v) is 5.26. The standard InChI is InChI=1S/C23H28N4O3/c1-3-27-21-8-7-18(24-23(28)16-30-19-6-4-5-17(2)13-19)14-20(21)25-22(27)15-26-9-11-29-12-10-26/h4-8,13-14H,3,9-12,15-16H2,1-2H3,(H,24,28). The normalized spacial score (nSPS) is 14.7. The lowest BCUT2D eigenvalue weighted by molar-refractivity contribution is -0.118. The Kier molecular flexibility index (Phi) is 6.30. The van der Waals surface area contributed by atoms with E-state index in [0.29, 0.717) is 5.75 Å². The van der Waals surface area contributed by atoms with Crippen LogP contribution in [-0.2, 0) is 22.6 Å². The molecule has 7 heteroatoms. The number of carbonyl (C=O) groups excluding carboxylic acids is 1. The van der Waals surface area contributed by atoms with E-state index in [2.05, 4.69) is 21.7 Å². The topological polar surface area (TPSA) is 68.6 Å². The first-order valence-electron chi connectivity index (χ1n) is 10.4. The number of aryl methyl sites for hydroxylation is 2. The number of nitrogens with one attached hydrogen (secondary N) is 1. The fourth-order valence-electron chi connectivity index (χ4n) is 3.74. The van der Waals surface area contributed by atoms with Crippen molar-refractivity contribution in [3.63, 3.8) is 0 Å². The Balaban J connectivity index is 1.43. The zero-order valence-corrected chi connectivity index (χ0v) is 17.6. The van der Waals surface area contributed by atoms with E-state index in [0.717, 1.165) is 67.5 Å². The van der Waals surface area contributed by atoms with Crippen molar-refractivity contribution in [3.8, 4) is 5.75 Å². The summed E-state index contributed by atoms with van der Waals surface area (Å²) in [4.78, 5) is 19.5. The van der Waals surface area contributed by atoms with Crippen LogP contribution in [0, 0.1) is 6.92 Å². The maximum absolute atomic E-state index is 12.3. The molecule has 1 aliphatic heterocycles.